The zero-order valence-corrected chi connectivity index (χ0v) is 21.3. The normalized spacial score (nSPS) is 18.3. The van der Waals surface area contributed by atoms with Crippen molar-refractivity contribution in [3.05, 3.63) is 71.8 Å². The van der Waals surface area contributed by atoms with Crippen LogP contribution in [0.15, 0.2) is 60.7 Å². The SMILES string of the molecule is C=C(C=O)CO.C=C(CO)C(=O)OCC(COC)C1CCC(c2ccc(CC/C=C/C)cc2)CC1. The van der Waals surface area contributed by atoms with Gasteiger partial charge in [-0.15, -0.1) is 0 Å². The Kier molecular flexibility index (Phi) is 15.5. The van der Waals surface area contributed by atoms with E-state index in [1.807, 2.05) is 0 Å². The summed E-state index contributed by atoms with van der Waals surface area (Å²) < 4.78 is 10.7. The molecule has 0 aliphatic heterocycles. The van der Waals surface area contributed by atoms with Crippen LogP contribution < -0.4 is 0 Å². The van der Waals surface area contributed by atoms with Crippen molar-refractivity contribution in [1.29, 1.82) is 0 Å². The quantitative estimate of drug-likeness (QED) is 0.184. The number of ether oxygens (including phenoxy) is 2. The smallest absolute Gasteiger partial charge is 0.335 e. The van der Waals surface area contributed by atoms with Gasteiger partial charge in [-0.3, -0.25) is 4.79 Å². The number of methoxy groups -OCH3 is 1. The Morgan fingerprint density at radius 3 is 2.23 bits per heavy atom. The van der Waals surface area contributed by atoms with E-state index in [1.165, 1.54) is 11.1 Å². The molecule has 1 saturated carbocycles. The number of rotatable bonds is 13. The minimum absolute atomic E-state index is 0.0963. The van der Waals surface area contributed by atoms with E-state index >= 15 is 0 Å². The Labute approximate surface area is 210 Å². The maximum Gasteiger partial charge on any atom is 0.335 e. The van der Waals surface area contributed by atoms with Crippen molar-refractivity contribution >= 4 is 12.3 Å². The summed E-state index contributed by atoms with van der Waals surface area (Å²) in [6.07, 6.45) is 11.6. The Morgan fingerprint density at radius 1 is 1.09 bits per heavy atom. The van der Waals surface area contributed by atoms with Crippen molar-refractivity contribution in [2.45, 2.75) is 51.4 Å². The lowest BCUT2D eigenvalue weighted by atomic mass is 9.74. The number of esters is 1. The number of carbonyl (C=O) groups is 2. The second-order valence-electron chi connectivity index (χ2n) is 8.97. The summed E-state index contributed by atoms with van der Waals surface area (Å²) in [4.78, 5) is 21.3. The third-order valence-electron chi connectivity index (χ3n) is 6.38. The molecule has 0 spiro atoms. The third-order valence-corrected chi connectivity index (χ3v) is 6.38. The van der Waals surface area contributed by atoms with Crippen LogP contribution in [-0.2, 0) is 25.5 Å². The summed E-state index contributed by atoms with van der Waals surface area (Å²) in [7, 11) is 1.69. The van der Waals surface area contributed by atoms with Crippen LogP contribution in [0.3, 0.4) is 0 Å². The second kappa shape index (κ2) is 17.8. The number of hydrogen-bond acceptors (Lipinski definition) is 6. The molecule has 6 heteroatoms. The van der Waals surface area contributed by atoms with Crippen LogP contribution >= 0.6 is 0 Å². The van der Waals surface area contributed by atoms with Crippen molar-refractivity contribution in [2.75, 3.05) is 33.5 Å². The predicted octanol–water partition coefficient (Wildman–Crippen LogP) is 4.56. The molecule has 1 aliphatic rings. The minimum Gasteiger partial charge on any atom is -0.462 e. The fraction of sp³-hybridized carbons (Fsp3) is 0.517. The van der Waals surface area contributed by atoms with Crippen molar-refractivity contribution in [1.82, 2.24) is 0 Å². The van der Waals surface area contributed by atoms with Crippen LogP contribution in [0, 0.1) is 11.8 Å². The summed E-state index contributed by atoms with van der Waals surface area (Å²) >= 11 is 0. The molecule has 194 valence electrons. The lowest BCUT2D eigenvalue weighted by Gasteiger charge is -2.33. The van der Waals surface area contributed by atoms with E-state index in [0.29, 0.717) is 31.3 Å². The van der Waals surface area contributed by atoms with Gasteiger partial charge in [0.25, 0.3) is 0 Å². The monoisotopic (exact) mass is 486 g/mol. The van der Waals surface area contributed by atoms with E-state index in [-0.39, 0.29) is 30.3 Å². The first kappa shape index (κ1) is 30.5. The first-order valence-corrected chi connectivity index (χ1v) is 12.3. The number of aliphatic hydroxyl groups is 2. The highest BCUT2D eigenvalue weighted by Gasteiger charge is 2.29. The molecule has 0 bridgehead atoms. The fourth-order valence-electron chi connectivity index (χ4n) is 4.22. The number of carbonyl (C=O) groups excluding carboxylic acids is 2. The molecule has 0 radical (unpaired) electrons. The van der Waals surface area contributed by atoms with Gasteiger partial charge in [-0.25, -0.2) is 4.79 Å². The maximum absolute atomic E-state index is 11.8. The standard InChI is InChI=1S/C25H36O4.C4H6O2/c1-4-5-6-7-20-8-10-21(11-9-20)22-12-14-23(15-13-22)24(17-28-3)18-29-25(27)19(2)16-26;1-4(2-5)3-6/h4-5,8-11,22-24,26H,2,6-7,12-18H2,1,3H3;2,6H,1,3H2/b5-4+;. The van der Waals surface area contributed by atoms with E-state index in [4.69, 9.17) is 19.7 Å². The summed E-state index contributed by atoms with van der Waals surface area (Å²) in [5.41, 5.74) is 3.15. The van der Waals surface area contributed by atoms with E-state index in [0.717, 1.165) is 38.5 Å². The first-order valence-electron chi connectivity index (χ1n) is 12.3. The van der Waals surface area contributed by atoms with Gasteiger partial charge in [-0.05, 0) is 68.4 Å². The minimum atomic E-state index is -0.517. The Balaban J connectivity index is 0.000000905. The van der Waals surface area contributed by atoms with E-state index in [1.54, 1.807) is 7.11 Å². The van der Waals surface area contributed by atoms with Gasteiger partial charge in [0, 0.05) is 18.6 Å². The Bertz CT molecular complexity index is 803. The first-order chi connectivity index (χ1) is 16.9. The largest absolute Gasteiger partial charge is 0.462 e. The number of aldehydes is 1. The summed E-state index contributed by atoms with van der Waals surface area (Å²) in [5.74, 6) is 0.763. The van der Waals surface area contributed by atoms with E-state index in [9.17, 15) is 9.59 Å². The molecule has 0 saturated heterocycles. The highest BCUT2D eigenvalue weighted by Crippen LogP contribution is 2.39. The topological polar surface area (TPSA) is 93.1 Å². The average Bonchev–Trinajstić information content (AvgIpc) is 2.91. The third kappa shape index (κ3) is 11.6. The van der Waals surface area contributed by atoms with E-state index < -0.39 is 5.97 Å². The van der Waals surface area contributed by atoms with E-state index in [2.05, 4.69) is 56.5 Å². The zero-order chi connectivity index (χ0) is 26.1. The van der Waals surface area contributed by atoms with Gasteiger partial charge in [-0.2, -0.15) is 0 Å². The number of aryl methyl sites for hydroxylation is 1. The number of aliphatic hydroxyl groups excluding tert-OH is 2. The average molecular weight is 487 g/mol. The van der Waals surface area contributed by atoms with Gasteiger partial charge >= 0.3 is 5.97 Å². The Hall–Kier alpha value is -2.54. The van der Waals surface area contributed by atoms with Crippen LogP contribution in [-0.4, -0.2) is 56.0 Å². The summed E-state index contributed by atoms with van der Waals surface area (Å²) in [5, 5.41) is 17.0. The fourth-order valence-corrected chi connectivity index (χ4v) is 4.22. The van der Waals surface area contributed by atoms with Crippen molar-refractivity contribution in [2.24, 2.45) is 11.8 Å². The van der Waals surface area contributed by atoms with Crippen LogP contribution in [0.5, 0.6) is 0 Å². The van der Waals surface area contributed by atoms with Crippen molar-refractivity contribution in [3.63, 3.8) is 0 Å². The maximum atomic E-state index is 11.8. The number of allylic oxidation sites excluding steroid dienone is 2. The molecule has 0 heterocycles. The summed E-state index contributed by atoms with van der Waals surface area (Å²) in [6, 6.07) is 9.13. The molecule has 2 N–H and O–H groups in total. The molecule has 1 atom stereocenters. The van der Waals surface area contributed by atoms with Crippen LogP contribution in [0.25, 0.3) is 0 Å². The lowest BCUT2D eigenvalue weighted by Crippen LogP contribution is -2.29. The van der Waals surface area contributed by atoms with Crippen LogP contribution in [0.1, 0.15) is 56.1 Å². The number of hydrogen-bond donors (Lipinski definition) is 2. The van der Waals surface area contributed by atoms with Crippen molar-refractivity contribution in [3.8, 4) is 0 Å². The second-order valence-corrected chi connectivity index (χ2v) is 8.97. The van der Waals surface area contributed by atoms with Crippen LogP contribution in [0.4, 0.5) is 0 Å². The van der Waals surface area contributed by atoms with Gasteiger partial charge < -0.3 is 19.7 Å². The van der Waals surface area contributed by atoms with Crippen LogP contribution in [0.2, 0.25) is 0 Å². The molecule has 1 fully saturated rings. The molecule has 35 heavy (non-hydrogen) atoms. The predicted molar refractivity (Wildman–Crippen MR) is 139 cm³/mol. The number of benzene rings is 1. The van der Waals surface area contributed by atoms with Gasteiger partial charge in [0.1, 0.15) is 6.29 Å². The summed E-state index contributed by atoms with van der Waals surface area (Å²) in [6.45, 7) is 9.06. The molecule has 1 aromatic rings. The lowest BCUT2D eigenvalue weighted by molar-refractivity contribution is -0.142. The molecular formula is C29H42O6. The molecule has 0 aromatic heterocycles. The molecule has 2 rings (SSSR count). The highest BCUT2D eigenvalue weighted by atomic mass is 16.5. The van der Waals surface area contributed by atoms with Crippen molar-refractivity contribution < 1.29 is 29.3 Å². The highest BCUT2D eigenvalue weighted by molar-refractivity contribution is 5.87. The van der Waals surface area contributed by atoms with Gasteiger partial charge in [0.2, 0.25) is 0 Å². The van der Waals surface area contributed by atoms with Gasteiger partial charge in [-0.1, -0.05) is 49.6 Å². The van der Waals surface area contributed by atoms with Gasteiger partial charge in [0.05, 0.1) is 32.0 Å². The molecule has 0 amide bonds. The van der Waals surface area contributed by atoms with Gasteiger partial charge in [0.15, 0.2) is 0 Å². The molecule has 1 aromatic carbocycles. The molecule has 6 nitrogen and oxygen atoms in total. The molecular weight excluding hydrogens is 444 g/mol. The Morgan fingerprint density at radius 2 is 1.74 bits per heavy atom. The zero-order valence-electron chi connectivity index (χ0n) is 21.3. The molecule has 1 unspecified atom stereocenters. The molecule has 1 aliphatic carbocycles.